The molecular formula is C21H20N2O4S. The van der Waals surface area contributed by atoms with Crippen LogP contribution in [0.15, 0.2) is 47.4 Å². The van der Waals surface area contributed by atoms with Crippen LogP contribution in [0.4, 0.5) is 10.5 Å². The number of amides is 2. The Morgan fingerprint density at radius 1 is 1.11 bits per heavy atom. The minimum atomic E-state index is -0.427. The van der Waals surface area contributed by atoms with E-state index >= 15 is 0 Å². The van der Waals surface area contributed by atoms with Crippen LogP contribution in [0.3, 0.4) is 0 Å². The van der Waals surface area contributed by atoms with Crippen LogP contribution in [0.1, 0.15) is 27.0 Å². The van der Waals surface area contributed by atoms with E-state index in [0.29, 0.717) is 10.5 Å². The molecule has 1 heterocycles. The van der Waals surface area contributed by atoms with Gasteiger partial charge in [-0.1, -0.05) is 18.2 Å². The topological polar surface area (TPSA) is 75.7 Å². The summed E-state index contributed by atoms with van der Waals surface area (Å²) in [6.07, 6.45) is 1.64. The van der Waals surface area contributed by atoms with Gasteiger partial charge in [-0.15, -0.1) is 0 Å². The van der Waals surface area contributed by atoms with Crippen LogP contribution in [-0.2, 0) is 9.53 Å². The number of rotatable bonds is 5. The van der Waals surface area contributed by atoms with E-state index in [-0.39, 0.29) is 17.8 Å². The Morgan fingerprint density at radius 2 is 1.82 bits per heavy atom. The van der Waals surface area contributed by atoms with Gasteiger partial charge in [-0.25, -0.2) is 4.79 Å². The molecule has 0 aliphatic carbocycles. The average Bonchev–Trinajstić information content (AvgIpc) is 2.95. The third-order valence-electron chi connectivity index (χ3n) is 4.45. The number of hydrogen-bond acceptors (Lipinski definition) is 6. The molecule has 7 heteroatoms. The normalized spacial score (nSPS) is 15.2. The predicted molar refractivity (Wildman–Crippen MR) is 110 cm³/mol. The molecule has 2 aromatic rings. The molecule has 1 aliphatic heterocycles. The number of ether oxygens (including phenoxy) is 1. The number of hydrogen-bond donors (Lipinski definition) is 1. The lowest BCUT2D eigenvalue weighted by Crippen LogP contribution is -2.33. The zero-order valence-corrected chi connectivity index (χ0v) is 16.6. The fraction of sp³-hybridized carbons (Fsp3) is 0.190. The van der Waals surface area contributed by atoms with Gasteiger partial charge in [0, 0.05) is 5.69 Å². The molecule has 3 rings (SSSR count). The van der Waals surface area contributed by atoms with Gasteiger partial charge in [0.25, 0.3) is 11.1 Å². The first kappa shape index (κ1) is 19.7. The molecule has 1 N–H and O–H groups in total. The molecule has 0 unspecified atom stereocenters. The van der Waals surface area contributed by atoms with Gasteiger partial charge >= 0.3 is 5.97 Å². The summed E-state index contributed by atoms with van der Waals surface area (Å²) in [5.74, 6) is -0.771. The molecule has 0 aromatic heterocycles. The van der Waals surface area contributed by atoms with Gasteiger partial charge in [0.2, 0.25) is 0 Å². The molecule has 28 heavy (non-hydrogen) atoms. The third-order valence-corrected chi connectivity index (χ3v) is 5.36. The number of methoxy groups -OCH3 is 1. The minimum Gasteiger partial charge on any atom is -0.465 e. The monoisotopic (exact) mass is 396 g/mol. The van der Waals surface area contributed by atoms with Gasteiger partial charge in [-0.2, -0.15) is 0 Å². The van der Waals surface area contributed by atoms with Crippen LogP contribution >= 0.6 is 11.8 Å². The maximum absolute atomic E-state index is 12.6. The van der Waals surface area contributed by atoms with E-state index in [1.165, 1.54) is 17.6 Å². The number of carbonyl (C=O) groups is 3. The van der Waals surface area contributed by atoms with E-state index in [4.69, 9.17) is 0 Å². The van der Waals surface area contributed by atoms with Crippen molar-refractivity contribution in [3.8, 4) is 0 Å². The van der Waals surface area contributed by atoms with Crippen molar-refractivity contribution < 1.29 is 19.1 Å². The fourth-order valence-corrected chi connectivity index (χ4v) is 3.48. The highest BCUT2D eigenvalue weighted by Crippen LogP contribution is 2.32. The summed E-state index contributed by atoms with van der Waals surface area (Å²) in [7, 11) is 1.32. The molecule has 1 saturated heterocycles. The lowest BCUT2D eigenvalue weighted by molar-refractivity contribution is -0.122. The molecule has 6 nitrogen and oxygen atoms in total. The van der Waals surface area contributed by atoms with Crippen LogP contribution in [-0.4, -0.2) is 35.8 Å². The SMILES string of the molecule is COC(=O)c1ccc(C=C2SC(=O)N(CNc3ccc(C)c(C)c3)C2=O)cc1. The number of carbonyl (C=O) groups excluding carboxylic acids is 3. The number of thioether (sulfide) groups is 1. The van der Waals surface area contributed by atoms with Crippen LogP contribution in [0.2, 0.25) is 0 Å². The Bertz CT molecular complexity index is 967. The summed E-state index contributed by atoms with van der Waals surface area (Å²) >= 11 is 0.899. The molecule has 0 atom stereocenters. The standard InChI is InChI=1S/C21H20N2O4S/c1-13-4-9-17(10-14(13)2)22-12-23-19(24)18(28-21(23)26)11-15-5-7-16(8-6-15)20(25)27-3/h4-11,22H,12H2,1-3H3. The minimum absolute atomic E-state index is 0.103. The summed E-state index contributed by atoms with van der Waals surface area (Å²) in [6.45, 7) is 4.14. The molecule has 0 bridgehead atoms. The molecule has 1 aliphatic rings. The van der Waals surface area contributed by atoms with E-state index in [1.54, 1.807) is 30.3 Å². The van der Waals surface area contributed by atoms with Crippen LogP contribution in [0, 0.1) is 13.8 Å². The first-order chi connectivity index (χ1) is 13.4. The average molecular weight is 396 g/mol. The number of esters is 1. The number of benzene rings is 2. The van der Waals surface area contributed by atoms with Gasteiger partial charge in [-0.3, -0.25) is 14.5 Å². The van der Waals surface area contributed by atoms with Crippen molar-refractivity contribution in [1.29, 1.82) is 0 Å². The van der Waals surface area contributed by atoms with Crippen molar-refractivity contribution in [2.75, 3.05) is 19.1 Å². The Hall–Kier alpha value is -3.06. The number of anilines is 1. The summed E-state index contributed by atoms with van der Waals surface area (Å²) in [6, 6.07) is 12.5. The van der Waals surface area contributed by atoms with E-state index < -0.39 is 5.97 Å². The highest BCUT2D eigenvalue weighted by molar-refractivity contribution is 8.18. The molecular weight excluding hydrogens is 376 g/mol. The summed E-state index contributed by atoms with van der Waals surface area (Å²) in [4.78, 5) is 37.8. The first-order valence-electron chi connectivity index (χ1n) is 8.64. The van der Waals surface area contributed by atoms with Gasteiger partial charge in [-0.05, 0) is 72.6 Å². The van der Waals surface area contributed by atoms with E-state index in [1.807, 2.05) is 32.0 Å². The summed E-state index contributed by atoms with van der Waals surface area (Å²) in [5.41, 5.74) is 4.31. The number of nitrogens with one attached hydrogen (secondary N) is 1. The highest BCUT2D eigenvalue weighted by Gasteiger charge is 2.34. The molecule has 2 aromatic carbocycles. The van der Waals surface area contributed by atoms with Crippen molar-refractivity contribution in [3.05, 3.63) is 69.6 Å². The predicted octanol–water partition coefficient (Wildman–Crippen LogP) is 4.20. The van der Waals surface area contributed by atoms with Gasteiger partial charge in [0.15, 0.2) is 0 Å². The summed E-state index contributed by atoms with van der Waals surface area (Å²) in [5, 5.41) is 2.80. The van der Waals surface area contributed by atoms with Gasteiger partial charge < -0.3 is 10.1 Å². The quantitative estimate of drug-likeness (QED) is 0.603. The van der Waals surface area contributed by atoms with E-state index in [0.717, 1.165) is 28.6 Å². The first-order valence-corrected chi connectivity index (χ1v) is 9.45. The largest absolute Gasteiger partial charge is 0.465 e. The lowest BCUT2D eigenvalue weighted by Gasteiger charge is -2.15. The van der Waals surface area contributed by atoms with Crippen LogP contribution < -0.4 is 5.32 Å². The zero-order chi connectivity index (χ0) is 20.3. The molecule has 0 radical (unpaired) electrons. The van der Waals surface area contributed by atoms with Crippen molar-refractivity contribution in [1.82, 2.24) is 4.90 Å². The maximum atomic E-state index is 12.6. The van der Waals surface area contributed by atoms with E-state index in [9.17, 15) is 14.4 Å². The summed E-state index contributed by atoms with van der Waals surface area (Å²) < 4.78 is 4.66. The van der Waals surface area contributed by atoms with Crippen molar-refractivity contribution in [2.24, 2.45) is 0 Å². The second-order valence-corrected chi connectivity index (χ2v) is 7.35. The molecule has 1 fully saturated rings. The highest BCUT2D eigenvalue weighted by atomic mass is 32.2. The van der Waals surface area contributed by atoms with Crippen LogP contribution in [0.25, 0.3) is 6.08 Å². The zero-order valence-electron chi connectivity index (χ0n) is 15.8. The number of imide groups is 1. The Labute approximate surface area is 167 Å². The number of nitrogens with zero attached hydrogens (tertiary/aromatic N) is 1. The van der Waals surface area contributed by atoms with Gasteiger partial charge in [0.1, 0.15) is 0 Å². The third kappa shape index (κ3) is 4.26. The Kier molecular flexibility index (Phi) is 5.84. The lowest BCUT2D eigenvalue weighted by atomic mass is 10.1. The second-order valence-electron chi connectivity index (χ2n) is 6.36. The second kappa shape index (κ2) is 8.31. The van der Waals surface area contributed by atoms with Crippen molar-refractivity contribution >= 4 is 40.6 Å². The fourth-order valence-electron chi connectivity index (χ4n) is 2.64. The van der Waals surface area contributed by atoms with Crippen LogP contribution in [0.5, 0.6) is 0 Å². The van der Waals surface area contributed by atoms with Crippen molar-refractivity contribution in [3.63, 3.8) is 0 Å². The number of aryl methyl sites for hydroxylation is 2. The maximum Gasteiger partial charge on any atom is 0.337 e. The smallest absolute Gasteiger partial charge is 0.337 e. The Morgan fingerprint density at radius 3 is 2.46 bits per heavy atom. The van der Waals surface area contributed by atoms with Crippen molar-refractivity contribution in [2.45, 2.75) is 13.8 Å². The molecule has 2 amide bonds. The molecule has 0 spiro atoms. The Balaban J connectivity index is 1.69. The van der Waals surface area contributed by atoms with Gasteiger partial charge in [0.05, 0.1) is 24.2 Å². The van der Waals surface area contributed by atoms with E-state index in [2.05, 4.69) is 10.1 Å². The molecule has 0 saturated carbocycles. The molecule has 144 valence electrons.